The second kappa shape index (κ2) is 4.93. The predicted octanol–water partition coefficient (Wildman–Crippen LogP) is 1.55. The number of aromatic nitrogens is 2. The lowest BCUT2D eigenvalue weighted by molar-refractivity contribution is 0.453. The standard InChI is InChI=1S/C14H13N3OS/c1-2-19-14-16-12(13(18)17-14)8-9-3-4-10-5-6-15-11(10)7-9/h3-8,18H,2H2,1H3,(H,16,17). The molecule has 0 fully saturated rings. The van der Waals surface area contributed by atoms with E-state index in [1.165, 1.54) is 0 Å². The van der Waals surface area contributed by atoms with Gasteiger partial charge in [0.05, 0.1) is 5.69 Å². The van der Waals surface area contributed by atoms with Crippen LogP contribution in [0.4, 0.5) is 5.69 Å². The Labute approximate surface area is 114 Å². The van der Waals surface area contributed by atoms with Crippen LogP contribution >= 0.6 is 11.8 Å². The number of benzene rings is 1. The molecule has 1 aromatic carbocycles. The Hall–Kier alpha value is -2.01. The van der Waals surface area contributed by atoms with Crippen molar-refractivity contribution in [1.82, 2.24) is 9.97 Å². The number of rotatable bonds is 3. The lowest BCUT2D eigenvalue weighted by Gasteiger charge is -1.92. The first-order valence-electron chi connectivity index (χ1n) is 6.04. The van der Waals surface area contributed by atoms with Gasteiger partial charge in [0, 0.05) is 11.4 Å². The third-order valence-electron chi connectivity index (χ3n) is 2.80. The van der Waals surface area contributed by atoms with Crippen LogP contribution in [-0.4, -0.2) is 27.0 Å². The minimum absolute atomic E-state index is 0.0338. The normalized spacial score (nSPS) is 13.6. The minimum atomic E-state index is 0.0338. The fourth-order valence-corrected chi connectivity index (χ4v) is 2.54. The highest BCUT2D eigenvalue weighted by Crippen LogP contribution is 2.21. The van der Waals surface area contributed by atoms with Crippen LogP contribution in [0.5, 0.6) is 5.88 Å². The fourth-order valence-electron chi connectivity index (χ4n) is 1.93. The molecule has 0 spiro atoms. The van der Waals surface area contributed by atoms with Gasteiger partial charge in [-0.05, 0) is 29.2 Å². The number of H-pyrrole nitrogens is 1. The molecule has 0 aliphatic carbocycles. The number of hydrogen-bond donors (Lipinski definition) is 2. The Bertz CT molecular complexity index is 761. The average Bonchev–Trinajstić information content (AvgIpc) is 2.97. The SMILES string of the molecule is CCSc1nc(O)c(C=c2ccc3c(c2)N=CC=3)[nH]1. The number of hydrogen-bond acceptors (Lipinski definition) is 4. The Balaban J connectivity index is 2.02. The number of aliphatic imine (C=N–C) groups is 1. The fraction of sp³-hybridized carbons (Fsp3) is 0.143. The van der Waals surface area contributed by atoms with Gasteiger partial charge in [0.1, 0.15) is 5.69 Å². The Morgan fingerprint density at radius 3 is 3.16 bits per heavy atom. The van der Waals surface area contributed by atoms with Crippen molar-refractivity contribution in [1.29, 1.82) is 0 Å². The van der Waals surface area contributed by atoms with E-state index in [1.807, 2.05) is 37.3 Å². The van der Waals surface area contributed by atoms with E-state index in [2.05, 4.69) is 15.0 Å². The minimum Gasteiger partial charge on any atom is -0.492 e. The molecule has 0 bridgehead atoms. The molecule has 4 nitrogen and oxygen atoms in total. The highest BCUT2D eigenvalue weighted by molar-refractivity contribution is 7.99. The van der Waals surface area contributed by atoms with E-state index in [0.29, 0.717) is 5.69 Å². The molecule has 2 N–H and O–H groups in total. The molecule has 0 atom stereocenters. The van der Waals surface area contributed by atoms with Crippen LogP contribution in [0.15, 0.2) is 28.3 Å². The van der Waals surface area contributed by atoms with Crippen LogP contribution < -0.4 is 10.4 Å². The van der Waals surface area contributed by atoms with Crippen molar-refractivity contribution in [2.45, 2.75) is 12.1 Å². The molecule has 0 radical (unpaired) electrons. The summed E-state index contributed by atoms with van der Waals surface area (Å²) in [6.45, 7) is 2.04. The van der Waals surface area contributed by atoms with E-state index in [4.69, 9.17) is 0 Å². The summed E-state index contributed by atoms with van der Waals surface area (Å²) in [7, 11) is 0. The van der Waals surface area contributed by atoms with Crippen LogP contribution in [0.25, 0.3) is 12.2 Å². The van der Waals surface area contributed by atoms with Crippen molar-refractivity contribution >= 4 is 35.8 Å². The number of imidazole rings is 1. The zero-order chi connectivity index (χ0) is 13.2. The number of aromatic amines is 1. The van der Waals surface area contributed by atoms with Crippen molar-refractivity contribution in [2.75, 3.05) is 5.75 Å². The molecule has 0 saturated heterocycles. The Kier molecular flexibility index (Phi) is 3.13. The zero-order valence-electron chi connectivity index (χ0n) is 10.4. The topological polar surface area (TPSA) is 61.3 Å². The molecule has 96 valence electrons. The summed E-state index contributed by atoms with van der Waals surface area (Å²) >= 11 is 1.57. The van der Waals surface area contributed by atoms with Crippen LogP contribution in [0.2, 0.25) is 0 Å². The predicted molar refractivity (Wildman–Crippen MR) is 78.5 cm³/mol. The maximum Gasteiger partial charge on any atom is 0.237 e. The molecule has 2 heterocycles. The summed E-state index contributed by atoms with van der Waals surface area (Å²) in [6, 6.07) is 6.00. The van der Waals surface area contributed by atoms with Crippen molar-refractivity contribution in [3.63, 3.8) is 0 Å². The molecule has 2 aromatic rings. The van der Waals surface area contributed by atoms with Gasteiger partial charge in [-0.25, -0.2) is 0 Å². The smallest absolute Gasteiger partial charge is 0.237 e. The van der Waals surface area contributed by atoms with E-state index in [1.54, 1.807) is 18.0 Å². The van der Waals surface area contributed by atoms with E-state index in [0.717, 1.165) is 27.0 Å². The van der Waals surface area contributed by atoms with Gasteiger partial charge >= 0.3 is 0 Å². The Morgan fingerprint density at radius 2 is 2.32 bits per heavy atom. The largest absolute Gasteiger partial charge is 0.492 e. The zero-order valence-corrected chi connectivity index (χ0v) is 11.2. The second-order valence-corrected chi connectivity index (χ2v) is 5.37. The molecule has 1 aliphatic rings. The first-order chi connectivity index (χ1) is 9.26. The van der Waals surface area contributed by atoms with Crippen LogP contribution in [0.1, 0.15) is 12.6 Å². The summed E-state index contributed by atoms with van der Waals surface area (Å²) < 4.78 is 0. The van der Waals surface area contributed by atoms with Crippen molar-refractivity contribution in [2.24, 2.45) is 4.99 Å². The lowest BCUT2D eigenvalue weighted by atomic mass is 10.2. The second-order valence-electron chi connectivity index (χ2n) is 4.12. The molecule has 1 aliphatic heterocycles. The summed E-state index contributed by atoms with van der Waals surface area (Å²) in [4.78, 5) is 11.4. The van der Waals surface area contributed by atoms with E-state index in [9.17, 15) is 5.11 Å². The van der Waals surface area contributed by atoms with Crippen LogP contribution in [0, 0.1) is 0 Å². The number of nitrogens with one attached hydrogen (secondary N) is 1. The number of fused-ring (bicyclic) bond motifs is 1. The molecule has 0 saturated carbocycles. The Morgan fingerprint density at radius 1 is 1.42 bits per heavy atom. The highest BCUT2D eigenvalue weighted by Gasteiger charge is 2.06. The van der Waals surface area contributed by atoms with Crippen LogP contribution in [0.3, 0.4) is 0 Å². The third kappa shape index (κ3) is 2.42. The summed E-state index contributed by atoms with van der Waals surface area (Å²) in [5, 5.41) is 12.6. The van der Waals surface area contributed by atoms with E-state index < -0.39 is 0 Å². The van der Waals surface area contributed by atoms with Gasteiger partial charge in [0.2, 0.25) is 5.88 Å². The average molecular weight is 271 g/mol. The molecule has 1 aromatic heterocycles. The van der Waals surface area contributed by atoms with E-state index >= 15 is 0 Å². The number of thioether (sulfide) groups is 1. The molecular weight excluding hydrogens is 258 g/mol. The van der Waals surface area contributed by atoms with Crippen molar-refractivity contribution in [3.8, 4) is 5.88 Å². The van der Waals surface area contributed by atoms with Crippen LogP contribution in [-0.2, 0) is 0 Å². The van der Waals surface area contributed by atoms with Gasteiger partial charge < -0.3 is 10.1 Å². The highest BCUT2D eigenvalue weighted by atomic mass is 32.2. The van der Waals surface area contributed by atoms with Crippen molar-refractivity contribution < 1.29 is 5.11 Å². The maximum absolute atomic E-state index is 9.79. The van der Waals surface area contributed by atoms with E-state index in [-0.39, 0.29) is 5.88 Å². The summed E-state index contributed by atoms with van der Waals surface area (Å²) in [6.07, 6.45) is 5.64. The molecule has 19 heavy (non-hydrogen) atoms. The number of aromatic hydroxyl groups is 1. The van der Waals surface area contributed by atoms with Crippen molar-refractivity contribution in [3.05, 3.63) is 34.3 Å². The first kappa shape index (κ1) is 12.0. The molecule has 0 unspecified atom stereocenters. The van der Waals surface area contributed by atoms with Gasteiger partial charge in [0.25, 0.3) is 0 Å². The third-order valence-corrected chi connectivity index (χ3v) is 3.56. The van der Waals surface area contributed by atoms with Gasteiger partial charge in [-0.1, -0.05) is 30.8 Å². The quantitative estimate of drug-likeness (QED) is 0.833. The van der Waals surface area contributed by atoms with Gasteiger partial charge in [-0.3, -0.25) is 4.99 Å². The maximum atomic E-state index is 9.79. The monoisotopic (exact) mass is 271 g/mol. The van der Waals surface area contributed by atoms with Gasteiger partial charge in [0.15, 0.2) is 5.16 Å². The summed E-state index contributed by atoms with van der Waals surface area (Å²) in [5.74, 6) is 0.946. The molecule has 5 heteroatoms. The number of nitrogens with zero attached hydrogens (tertiary/aromatic N) is 2. The van der Waals surface area contributed by atoms with Gasteiger partial charge in [-0.15, -0.1) is 0 Å². The molecule has 0 amide bonds. The molecular formula is C14H13N3OS. The summed E-state index contributed by atoms with van der Waals surface area (Å²) in [5.41, 5.74) is 1.58. The van der Waals surface area contributed by atoms with Gasteiger partial charge in [-0.2, -0.15) is 4.98 Å². The lowest BCUT2D eigenvalue weighted by Crippen LogP contribution is -2.06. The molecule has 3 rings (SSSR count). The first-order valence-corrected chi connectivity index (χ1v) is 7.03.